The first-order chi connectivity index (χ1) is 9.15. The zero-order chi connectivity index (χ0) is 13.8. The largest absolute Gasteiger partial charge is 0.465 e. The van der Waals surface area contributed by atoms with Gasteiger partial charge in [-0.15, -0.1) is 0 Å². The van der Waals surface area contributed by atoms with Crippen LogP contribution < -0.4 is 4.90 Å². The van der Waals surface area contributed by atoms with E-state index < -0.39 is 5.97 Å². The highest BCUT2D eigenvalue weighted by atomic mass is 35.5. The number of methoxy groups -OCH3 is 1. The Kier molecular flexibility index (Phi) is 4.28. The maximum Gasteiger partial charge on any atom is 0.339 e. The van der Waals surface area contributed by atoms with Gasteiger partial charge in [-0.25, -0.2) is 4.79 Å². The second-order valence-electron chi connectivity index (χ2n) is 4.57. The number of benzene rings is 1. The minimum absolute atomic E-state index is 0.0628. The van der Waals surface area contributed by atoms with Crippen LogP contribution in [0.2, 0.25) is 5.02 Å². The SMILES string of the molecule is COC(=O)c1ccc(N2CCCC(C#N)C2)cc1Cl. The highest BCUT2D eigenvalue weighted by Crippen LogP contribution is 2.27. The number of anilines is 1. The van der Waals surface area contributed by atoms with Crippen LogP contribution in [-0.4, -0.2) is 26.2 Å². The van der Waals surface area contributed by atoms with Crippen molar-refractivity contribution in [2.75, 3.05) is 25.1 Å². The van der Waals surface area contributed by atoms with Crippen molar-refractivity contribution in [1.82, 2.24) is 0 Å². The summed E-state index contributed by atoms with van der Waals surface area (Å²) in [4.78, 5) is 13.6. The lowest BCUT2D eigenvalue weighted by Gasteiger charge is -2.31. The summed E-state index contributed by atoms with van der Waals surface area (Å²) < 4.78 is 4.66. The first-order valence-corrected chi connectivity index (χ1v) is 6.56. The predicted octanol–water partition coefficient (Wildman–Crippen LogP) is 2.87. The number of hydrogen-bond donors (Lipinski definition) is 0. The molecule has 2 rings (SSSR count). The Morgan fingerprint density at radius 3 is 3.00 bits per heavy atom. The van der Waals surface area contributed by atoms with Gasteiger partial charge in [0.1, 0.15) is 0 Å². The van der Waals surface area contributed by atoms with Crippen molar-refractivity contribution in [3.63, 3.8) is 0 Å². The number of nitrogens with zero attached hydrogens (tertiary/aromatic N) is 2. The molecule has 4 nitrogen and oxygen atoms in total. The van der Waals surface area contributed by atoms with Gasteiger partial charge in [0.25, 0.3) is 0 Å². The quantitative estimate of drug-likeness (QED) is 0.781. The number of esters is 1. The molecule has 0 amide bonds. The van der Waals surface area contributed by atoms with Gasteiger partial charge < -0.3 is 9.64 Å². The number of carbonyl (C=O) groups is 1. The molecule has 0 aliphatic carbocycles. The minimum Gasteiger partial charge on any atom is -0.465 e. The Hall–Kier alpha value is -1.73. The van der Waals surface area contributed by atoms with Crippen LogP contribution >= 0.6 is 11.6 Å². The summed E-state index contributed by atoms with van der Waals surface area (Å²) in [7, 11) is 1.33. The summed E-state index contributed by atoms with van der Waals surface area (Å²) in [5.41, 5.74) is 1.30. The average molecular weight is 279 g/mol. The molecule has 0 aromatic heterocycles. The van der Waals surface area contributed by atoms with Crippen LogP contribution in [0.15, 0.2) is 18.2 Å². The van der Waals surface area contributed by atoms with Crippen LogP contribution in [0.3, 0.4) is 0 Å². The van der Waals surface area contributed by atoms with Gasteiger partial charge in [-0.3, -0.25) is 0 Å². The van der Waals surface area contributed by atoms with Crippen molar-refractivity contribution in [2.45, 2.75) is 12.8 Å². The van der Waals surface area contributed by atoms with Crippen LogP contribution in [0.1, 0.15) is 23.2 Å². The first kappa shape index (κ1) is 13.7. The van der Waals surface area contributed by atoms with Crippen LogP contribution in [-0.2, 0) is 4.74 Å². The Balaban J connectivity index is 2.20. The monoisotopic (exact) mass is 278 g/mol. The summed E-state index contributed by atoms with van der Waals surface area (Å²) in [5.74, 6) is -0.377. The van der Waals surface area contributed by atoms with Crippen molar-refractivity contribution in [3.05, 3.63) is 28.8 Å². The van der Waals surface area contributed by atoms with E-state index in [1.54, 1.807) is 12.1 Å². The Morgan fingerprint density at radius 1 is 1.58 bits per heavy atom. The van der Waals surface area contributed by atoms with E-state index in [0.717, 1.165) is 25.1 Å². The third kappa shape index (κ3) is 2.99. The summed E-state index contributed by atoms with van der Waals surface area (Å²) >= 11 is 6.10. The molecule has 19 heavy (non-hydrogen) atoms. The fourth-order valence-electron chi connectivity index (χ4n) is 2.29. The third-order valence-electron chi connectivity index (χ3n) is 3.33. The lowest BCUT2D eigenvalue weighted by Crippen LogP contribution is -2.34. The van der Waals surface area contributed by atoms with E-state index in [1.165, 1.54) is 7.11 Å². The van der Waals surface area contributed by atoms with Gasteiger partial charge in [-0.2, -0.15) is 5.26 Å². The molecule has 0 spiro atoms. The Bertz CT molecular complexity index is 525. The van der Waals surface area contributed by atoms with E-state index in [-0.39, 0.29) is 5.92 Å². The van der Waals surface area contributed by atoms with Crippen molar-refractivity contribution < 1.29 is 9.53 Å². The Labute approximate surface area is 117 Å². The zero-order valence-corrected chi connectivity index (χ0v) is 11.5. The van der Waals surface area contributed by atoms with Crippen molar-refractivity contribution >= 4 is 23.3 Å². The Morgan fingerprint density at radius 2 is 2.37 bits per heavy atom. The molecule has 1 saturated heterocycles. The second kappa shape index (κ2) is 5.94. The van der Waals surface area contributed by atoms with E-state index in [9.17, 15) is 4.79 Å². The van der Waals surface area contributed by atoms with Gasteiger partial charge in [0.2, 0.25) is 0 Å². The minimum atomic E-state index is -0.440. The molecule has 1 aliphatic heterocycles. The maximum absolute atomic E-state index is 11.5. The molecule has 0 saturated carbocycles. The topological polar surface area (TPSA) is 53.3 Å². The molecule has 5 heteroatoms. The fraction of sp³-hybridized carbons (Fsp3) is 0.429. The van der Waals surface area contributed by atoms with Gasteiger partial charge in [0, 0.05) is 18.8 Å². The van der Waals surface area contributed by atoms with Gasteiger partial charge in [0.15, 0.2) is 0 Å². The summed E-state index contributed by atoms with van der Waals surface area (Å²) in [6.07, 6.45) is 1.94. The number of nitriles is 1. The second-order valence-corrected chi connectivity index (χ2v) is 4.98. The van der Waals surface area contributed by atoms with Crippen molar-refractivity contribution in [3.8, 4) is 6.07 Å². The number of carbonyl (C=O) groups excluding carboxylic acids is 1. The number of hydrogen-bond acceptors (Lipinski definition) is 4. The molecule has 1 heterocycles. The van der Waals surface area contributed by atoms with Crippen molar-refractivity contribution in [2.24, 2.45) is 5.92 Å². The van der Waals surface area contributed by atoms with E-state index in [4.69, 9.17) is 16.9 Å². The molecule has 1 aromatic carbocycles. The number of halogens is 1. The maximum atomic E-state index is 11.5. The molecule has 1 aromatic rings. The summed E-state index contributed by atoms with van der Waals surface area (Å²) in [5, 5.41) is 9.37. The molecule has 1 fully saturated rings. The van der Waals surface area contributed by atoms with Crippen LogP contribution in [0.5, 0.6) is 0 Å². The van der Waals surface area contributed by atoms with Gasteiger partial charge in [-0.05, 0) is 31.0 Å². The van der Waals surface area contributed by atoms with Crippen LogP contribution in [0, 0.1) is 17.2 Å². The number of piperidine rings is 1. The third-order valence-corrected chi connectivity index (χ3v) is 3.64. The smallest absolute Gasteiger partial charge is 0.339 e. The van der Waals surface area contributed by atoms with E-state index >= 15 is 0 Å². The lowest BCUT2D eigenvalue weighted by molar-refractivity contribution is 0.0601. The highest BCUT2D eigenvalue weighted by molar-refractivity contribution is 6.33. The molecular formula is C14H15ClN2O2. The molecule has 0 N–H and O–H groups in total. The molecule has 100 valence electrons. The molecule has 0 bridgehead atoms. The van der Waals surface area contributed by atoms with E-state index in [2.05, 4.69) is 15.7 Å². The first-order valence-electron chi connectivity index (χ1n) is 6.18. The molecular weight excluding hydrogens is 264 g/mol. The van der Waals surface area contributed by atoms with Crippen LogP contribution in [0.25, 0.3) is 0 Å². The van der Waals surface area contributed by atoms with Gasteiger partial charge >= 0.3 is 5.97 Å². The van der Waals surface area contributed by atoms with Gasteiger partial charge in [-0.1, -0.05) is 11.6 Å². The predicted molar refractivity (Wildman–Crippen MR) is 73.3 cm³/mol. The van der Waals surface area contributed by atoms with E-state index in [0.29, 0.717) is 17.1 Å². The van der Waals surface area contributed by atoms with Crippen molar-refractivity contribution in [1.29, 1.82) is 5.26 Å². The molecule has 1 atom stereocenters. The number of rotatable bonds is 2. The average Bonchev–Trinajstić information content (AvgIpc) is 2.46. The fourth-order valence-corrected chi connectivity index (χ4v) is 2.55. The molecule has 1 aliphatic rings. The van der Waals surface area contributed by atoms with Gasteiger partial charge in [0.05, 0.1) is 29.7 Å². The van der Waals surface area contributed by atoms with E-state index in [1.807, 2.05) is 6.07 Å². The molecule has 0 radical (unpaired) electrons. The number of ether oxygens (including phenoxy) is 1. The van der Waals surface area contributed by atoms with Crippen LogP contribution in [0.4, 0.5) is 5.69 Å². The molecule has 1 unspecified atom stereocenters. The summed E-state index contributed by atoms with van der Waals surface area (Å²) in [6, 6.07) is 7.58. The highest BCUT2D eigenvalue weighted by Gasteiger charge is 2.21. The standard InChI is InChI=1S/C14H15ClN2O2/c1-19-14(18)12-5-4-11(7-13(12)15)17-6-2-3-10(8-16)9-17/h4-5,7,10H,2-3,6,9H2,1H3. The lowest BCUT2D eigenvalue weighted by atomic mass is 9.99. The summed E-state index contributed by atoms with van der Waals surface area (Å²) in [6.45, 7) is 1.62. The normalized spacial score (nSPS) is 18.8. The zero-order valence-electron chi connectivity index (χ0n) is 10.7.